The highest BCUT2D eigenvalue weighted by atomic mass is 35.5. The Balaban J connectivity index is 1.82. The van der Waals surface area contributed by atoms with E-state index in [4.69, 9.17) is 11.6 Å². The Morgan fingerprint density at radius 3 is 2.40 bits per heavy atom. The van der Waals surface area contributed by atoms with Gasteiger partial charge in [-0.25, -0.2) is 4.90 Å². The van der Waals surface area contributed by atoms with Crippen LogP contribution in [-0.2, 0) is 0 Å². The summed E-state index contributed by atoms with van der Waals surface area (Å²) in [6, 6.07) is 7.69. The first-order valence-corrected chi connectivity index (χ1v) is 9.80. The molecule has 4 rings (SSSR count). The van der Waals surface area contributed by atoms with Crippen molar-refractivity contribution in [3.63, 3.8) is 0 Å². The third-order valence-electron chi connectivity index (χ3n) is 4.39. The summed E-state index contributed by atoms with van der Waals surface area (Å²) in [5.41, 5.74) is 3.65. The molecule has 3 nitrogen and oxygen atoms in total. The van der Waals surface area contributed by atoms with Crippen LogP contribution in [0, 0.1) is 20.8 Å². The van der Waals surface area contributed by atoms with Crippen LogP contribution in [0.1, 0.15) is 36.7 Å². The number of carbonyl (C=O) groups is 2. The predicted molar refractivity (Wildman–Crippen MR) is 104 cm³/mol. The van der Waals surface area contributed by atoms with Gasteiger partial charge in [-0.15, -0.1) is 22.7 Å². The lowest BCUT2D eigenvalue weighted by molar-refractivity contribution is 0.0926. The normalized spacial score (nSPS) is 13.7. The molecule has 0 fully saturated rings. The zero-order chi connectivity index (χ0) is 17.9. The maximum atomic E-state index is 13.0. The molecule has 0 saturated carbocycles. The average molecular weight is 388 g/mol. The maximum absolute atomic E-state index is 13.0. The molecule has 0 spiro atoms. The molecule has 1 aliphatic heterocycles. The Hall–Kier alpha value is -1.95. The van der Waals surface area contributed by atoms with E-state index in [1.54, 1.807) is 11.3 Å². The lowest BCUT2D eigenvalue weighted by Crippen LogP contribution is -2.31. The third kappa shape index (κ3) is 2.38. The van der Waals surface area contributed by atoms with Crippen molar-refractivity contribution in [3.8, 4) is 9.75 Å². The summed E-state index contributed by atoms with van der Waals surface area (Å²) in [6.45, 7) is 5.67. The second kappa shape index (κ2) is 5.80. The summed E-state index contributed by atoms with van der Waals surface area (Å²) in [6.07, 6.45) is 0. The first-order valence-electron chi connectivity index (χ1n) is 7.73. The van der Waals surface area contributed by atoms with Crippen LogP contribution in [0.3, 0.4) is 0 Å². The Labute approximate surface area is 158 Å². The molecule has 25 heavy (non-hydrogen) atoms. The predicted octanol–water partition coefficient (Wildman–Crippen LogP) is 5.86. The Morgan fingerprint density at radius 2 is 1.76 bits per heavy atom. The standard InChI is InChI=1S/C19H14ClNO2S2/c1-9-7-10(2)16(11(3)15(9)20)21-18(22)12-8-14(13-5-4-6-24-13)25-17(12)19(21)23/h4-8H,1-3H3. The molecule has 0 radical (unpaired) electrons. The van der Waals surface area contributed by atoms with E-state index in [0.29, 0.717) is 21.2 Å². The quantitative estimate of drug-likeness (QED) is 0.517. The second-order valence-electron chi connectivity index (χ2n) is 6.07. The largest absolute Gasteiger partial charge is 0.276 e. The number of amides is 2. The summed E-state index contributed by atoms with van der Waals surface area (Å²) >= 11 is 9.33. The zero-order valence-electron chi connectivity index (χ0n) is 13.8. The molecule has 126 valence electrons. The van der Waals surface area contributed by atoms with Gasteiger partial charge in [0.1, 0.15) is 4.88 Å². The van der Waals surface area contributed by atoms with Crippen LogP contribution in [0.5, 0.6) is 0 Å². The SMILES string of the molecule is Cc1cc(C)c(N2C(=O)c3cc(-c4cccs4)sc3C2=O)c(C)c1Cl. The van der Waals surface area contributed by atoms with Crippen molar-refractivity contribution in [2.45, 2.75) is 20.8 Å². The molecule has 0 atom stereocenters. The van der Waals surface area contributed by atoms with Crippen molar-refractivity contribution < 1.29 is 9.59 Å². The van der Waals surface area contributed by atoms with Gasteiger partial charge in [0.2, 0.25) is 0 Å². The highest BCUT2D eigenvalue weighted by molar-refractivity contribution is 7.23. The molecule has 3 aromatic rings. The fraction of sp³-hybridized carbons (Fsp3) is 0.158. The van der Waals surface area contributed by atoms with E-state index in [2.05, 4.69) is 0 Å². The minimum atomic E-state index is -0.273. The summed E-state index contributed by atoms with van der Waals surface area (Å²) in [7, 11) is 0. The maximum Gasteiger partial charge on any atom is 0.276 e. The fourth-order valence-corrected chi connectivity index (χ4v) is 5.31. The molecule has 0 saturated heterocycles. The van der Waals surface area contributed by atoms with Crippen LogP contribution in [-0.4, -0.2) is 11.8 Å². The molecular formula is C19H14ClNO2S2. The number of thiophene rings is 2. The van der Waals surface area contributed by atoms with E-state index >= 15 is 0 Å². The second-order valence-corrected chi connectivity index (χ2v) is 8.45. The van der Waals surface area contributed by atoms with E-state index in [1.165, 1.54) is 16.2 Å². The minimum Gasteiger partial charge on any atom is -0.268 e. The number of aryl methyl sites for hydroxylation is 2. The number of carbonyl (C=O) groups excluding carboxylic acids is 2. The summed E-state index contributed by atoms with van der Waals surface area (Å²) in [4.78, 5) is 29.7. The minimum absolute atomic E-state index is 0.265. The van der Waals surface area contributed by atoms with Gasteiger partial charge in [-0.3, -0.25) is 9.59 Å². The van der Waals surface area contributed by atoms with Crippen LogP contribution in [0.15, 0.2) is 29.6 Å². The number of imide groups is 1. The van der Waals surface area contributed by atoms with E-state index in [9.17, 15) is 9.59 Å². The van der Waals surface area contributed by atoms with Gasteiger partial charge in [0.05, 0.1) is 11.3 Å². The topological polar surface area (TPSA) is 37.4 Å². The van der Waals surface area contributed by atoms with Crippen molar-refractivity contribution >= 4 is 51.8 Å². The van der Waals surface area contributed by atoms with Crippen LogP contribution < -0.4 is 4.90 Å². The fourth-order valence-electron chi connectivity index (χ4n) is 3.26. The van der Waals surface area contributed by atoms with Crippen LogP contribution >= 0.6 is 34.3 Å². The van der Waals surface area contributed by atoms with Crippen LogP contribution in [0.2, 0.25) is 5.02 Å². The number of hydrogen-bond acceptors (Lipinski definition) is 4. The molecule has 0 aliphatic carbocycles. The number of rotatable bonds is 2. The van der Waals surface area contributed by atoms with Gasteiger partial charge in [-0.05, 0) is 55.0 Å². The van der Waals surface area contributed by atoms with E-state index in [-0.39, 0.29) is 11.8 Å². The average Bonchev–Trinajstić information content (AvgIpc) is 3.27. The number of halogens is 1. The molecule has 1 aliphatic rings. The monoisotopic (exact) mass is 387 g/mol. The number of hydrogen-bond donors (Lipinski definition) is 0. The number of nitrogens with zero attached hydrogens (tertiary/aromatic N) is 1. The van der Waals surface area contributed by atoms with E-state index < -0.39 is 0 Å². The van der Waals surface area contributed by atoms with Gasteiger partial charge in [-0.2, -0.15) is 0 Å². The molecule has 1 aromatic carbocycles. The number of anilines is 1. The third-order valence-corrected chi connectivity index (χ3v) is 7.16. The molecular weight excluding hydrogens is 374 g/mol. The van der Waals surface area contributed by atoms with Gasteiger partial charge in [0.15, 0.2) is 0 Å². The van der Waals surface area contributed by atoms with Gasteiger partial charge in [0.25, 0.3) is 11.8 Å². The van der Waals surface area contributed by atoms with Gasteiger partial charge in [0, 0.05) is 14.8 Å². The summed E-state index contributed by atoms with van der Waals surface area (Å²) in [5, 5.41) is 2.58. The van der Waals surface area contributed by atoms with Crippen molar-refractivity contribution in [1.82, 2.24) is 0 Å². The van der Waals surface area contributed by atoms with Crippen molar-refractivity contribution in [2.75, 3.05) is 4.90 Å². The first kappa shape index (κ1) is 16.5. The van der Waals surface area contributed by atoms with Crippen molar-refractivity contribution in [3.05, 3.63) is 61.8 Å². The van der Waals surface area contributed by atoms with Gasteiger partial charge < -0.3 is 0 Å². The van der Waals surface area contributed by atoms with Gasteiger partial charge >= 0.3 is 0 Å². The number of benzene rings is 1. The summed E-state index contributed by atoms with van der Waals surface area (Å²) < 4.78 is 0. The van der Waals surface area contributed by atoms with Gasteiger partial charge in [-0.1, -0.05) is 23.7 Å². The smallest absolute Gasteiger partial charge is 0.268 e. The molecule has 2 aromatic heterocycles. The Morgan fingerprint density at radius 1 is 1.00 bits per heavy atom. The number of fused-ring (bicyclic) bond motifs is 1. The molecule has 2 amide bonds. The molecule has 0 bridgehead atoms. The van der Waals surface area contributed by atoms with E-state index in [1.807, 2.05) is 50.4 Å². The summed E-state index contributed by atoms with van der Waals surface area (Å²) in [5.74, 6) is -0.538. The molecule has 0 unspecified atom stereocenters. The lowest BCUT2D eigenvalue weighted by atomic mass is 10.0. The lowest BCUT2D eigenvalue weighted by Gasteiger charge is -2.21. The highest BCUT2D eigenvalue weighted by Gasteiger charge is 2.40. The van der Waals surface area contributed by atoms with Crippen LogP contribution in [0.25, 0.3) is 9.75 Å². The molecule has 0 N–H and O–H groups in total. The van der Waals surface area contributed by atoms with E-state index in [0.717, 1.165) is 26.4 Å². The van der Waals surface area contributed by atoms with Crippen molar-refractivity contribution in [1.29, 1.82) is 0 Å². The zero-order valence-corrected chi connectivity index (χ0v) is 16.2. The van der Waals surface area contributed by atoms with Crippen molar-refractivity contribution in [2.24, 2.45) is 0 Å². The molecule has 3 heterocycles. The first-order chi connectivity index (χ1) is 11.9. The molecule has 6 heteroatoms. The highest BCUT2D eigenvalue weighted by Crippen LogP contribution is 2.42. The Bertz CT molecular complexity index is 1000. The Kier molecular flexibility index (Phi) is 3.83. The van der Waals surface area contributed by atoms with Crippen LogP contribution in [0.4, 0.5) is 5.69 Å².